The van der Waals surface area contributed by atoms with E-state index in [0.29, 0.717) is 12.0 Å². The third-order valence-electron chi connectivity index (χ3n) is 3.65. The van der Waals surface area contributed by atoms with Crippen molar-refractivity contribution in [1.82, 2.24) is 15.3 Å². The highest BCUT2D eigenvalue weighted by atomic mass is 32.2. The van der Waals surface area contributed by atoms with Gasteiger partial charge in [0.15, 0.2) is 0 Å². The first kappa shape index (κ1) is 18.2. The van der Waals surface area contributed by atoms with E-state index in [1.165, 1.54) is 11.3 Å². The Morgan fingerprint density at radius 1 is 1.33 bits per heavy atom. The Bertz CT molecular complexity index is 423. The van der Waals surface area contributed by atoms with Gasteiger partial charge in [-0.05, 0) is 44.7 Å². The molecule has 120 valence electrons. The van der Waals surface area contributed by atoms with Crippen LogP contribution in [0.25, 0.3) is 0 Å². The number of anilines is 1. The van der Waals surface area contributed by atoms with Crippen LogP contribution in [0.2, 0.25) is 0 Å². The van der Waals surface area contributed by atoms with Crippen LogP contribution in [0, 0.1) is 12.8 Å². The van der Waals surface area contributed by atoms with Crippen molar-refractivity contribution in [2.75, 3.05) is 30.5 Å². The minimum absolute atomic E-state index is 0.460. The van der Waals surface area contributed by atoms with Gasteiger partial charge in [0.05, 0.1) is 0 Å². The molecule has 1 unspecified atom stereocenters. The van der Waals surface area contributed by atoms with Gasteiger partial charge in [-0.25, -0.2) is 9.97 Å². The van der Waals surface area contributed by atoms with Crippen molar-refractivity contribution in [3.8, 4) is 0 Å². The SMILES string of the molecule is CSCCC(C)N(C)c1ncc(CNCC(C)C)c(C)n1. The van der Waals surface area contributed by atoms with Crippen LogP contribution in [0.5, 0.6) is 0 Å². The zero-order valence-corrected chi connectivity index (χ0v) is 15.1. The Labute approximate surface area is 134 Å². The lowest BCUT2D eigenvalue weighted by Gasteiger charge is -2.25. The Balaban J connectivity index is 2.63. The highest BCUT2D eigenvalue weighted by molar-refractivity contribution is 7.98. The third kappa shape index (κ3) is 6.22. The molecule has 21 heavy (non-hydrogen) atoms. The van der Waals surface area contributed by atoms with Crippen molar-refractivity contribution >= 4 is 17.7 Å². The summed E-state index contributed by atoms with van der Waals surface area (Å²) < 4.78 is 0. The summed E-state index contributed by atoms with van der Waals surface area (Å²) in [6.07, 6.45) is 5.26. The fourth-order valence-corrected chi connectivity index (χ4v) is 2.57. The molecule has 0 spiro atoms. The number of hydrogen-bond acceptors (Lipinski definition) is 5. The van der Waals surface area contributed by atoms with E-state index in [2.05, 4.69) is 61.2 Å². The summed E-state index contributed by atoms with van der Waals surface area (Å²) in [4.78, 5) is 11.4. The molecular formula is C16H30N4S. The third-order valence-corrected chi connectivity index (χ3v) is 4.30. The largest absolute Gasteiger partial charge is 0.341 e. The van der Waals surface area contributed by atoms with Crippen LogP contribution >= 0.6 is 11.8 Å². The van der Waals surface area contributed by atoms with Gasteiger partial charge in [-0.3, -0.25) is 0 Å². The van der Waals surface area contributed by atoms with Crippen LogP contribution in [-0.2, 0) is 6.54 Å². The van der Waals surface area contributed by atoms with Gasteiger partial charge in [0.2, 0.25) is 5.95 Å². The molecule has 1 aromatic heterocycles. The maximum atomic E-state index is 4.67. The van der Waals surface area contributed by atoms with Crippen molar-refractivity contribution in [3.63, 3.8) is 0 Å². The van der Waals surface area contributed by atoms with Crippen LogP contribution in [0.1, 0.15) is 38.4 Å². The number of nitrogens with one attached hydrogen (secondary N) is 1. The summed E-state index contributed by atoms with van der Waals surface area (Å²) in [6.45, 7) is 10.6. The lowest BCUT2D eigenvalue weighted by Crippen LogP contribution is -2.31. The quantitative estimate of drug-likeness (QED) is 0.759. The molecule has 0 radical (unpaired) electrons. The van der Waals surface area contributed by atoms with E-state index in [1.807, 2.05) is 18.0 Å². The summed E-state index contributed by atoms with van der Waals surface area (Å²) in [5.74, 6) is 2.66. The first-order valence-corrected chi connectivity index (χ1v) is 9.10. The summed E-state index contributed by atoms with van der Waals surface area (Å²) in [6, 6.07) is 0.460. The highest BCUT2D eigenvalue weighted by Crippen LogP contribution is 2.15. The molecule has 1 heterocycles. The number of hydrogen-bond donors (Lipinski definition) is 1. The molecule has 0 aliphatic heterocycles. The first-order chi connectivity index (χ1) is 9.95. The van der Waals surface area contributed by atoms with Gasteiger partial charge >= 0.3 is 0 Å². The Kier molecular flexibility index (Phi) is 8.04. The molecular weight excluding hydrogens is 280 g/mol. The smallest absolute Gasteiger partial charge is 0.225 e. The van der Waals surface area contributed by atoms with E-state index in [4.69, 9.17) is 0 Å². The molecule has 0 amide bonds. The number of nitrogens with zero attached hydrogens (tertiary/aromatic N) is 3. The Morgan fingerprint density at radius 2 is 2.05 bits per heavy atom. The summed E-state index contributed by atoms with van der Waals surface area (Å²) in [5, 5.41) is 3.44. The van der Waals surface area contributed by atoms with Crippen LogP contribution in [0.4, 0.5) is 5.95 Å². The molecule has 1 rings (SSSR count). The normalized spacial score (nSPS) is 12.7. The van der Waals surface area contributed by atoms with Gasteiger partial charge in [0.25, 0.3) is 0 Å². The van der Waals surface area contributed by atoms with Gasteiger partial charge in [-0.2, -0.15) is 11.8 Å². The molecule has 4 nitrogen and oxygen atoms in total. The molecule has 0 aliphatic rings. The topological polar surface area (TPSA) is 41.1 Å². The maximum absolute atomic E-state index is 4.67. The molecule has 0 aromatic carbocycles. The number of thioether (sulfide) groups is 1. The number of aromatic nitrogens is 2. The monoisotopic (exact) mass is 310 g/mol. The van der Waals surface area contributed by atoms with Crippen LogP contribution < -0.4 is 10.2 Å². The maximum Gasteiger partial charge on any atom is 0.225 e. The molecule has 1 atom stereocenters. The predicted octanol–water partition coefficient (Wildman–Crippen LogP) is 3.11. The van der Waals surface area contributed by atoms with Gasteiger partial charge < -0.3 is 10.2 Å². The minimum atomic E-state index is 0.460. The molecule has 0 aliphatic carbocycles. The average molecular weight is 311 g/mol. The van der Waals surface area contributed by atoms with Gasteiger partial charge in [-0.1, -0.05) is 13.8 Å². The molecule has 0 fully saturated rings. The zero-order valence-electron chi connectivity index (χ0n) is 14.3. The lowest BCUT2D eigenvalue weighted by atomic mass is 10.2. The van der Waals surface area contributed by atoms with Crippen molar-refractivity contribution in [1.29, 1.82) is 0 Å². The number of aryl methyl sites for hydroxylation is 1. The molecule has 0 bridgehead atoms. The van der Waals surface area contributed by atoms with Gasteiger partial charge in [0, 0.05) is 37.1 Å². The molecule has 0 saturated carbocycles. The van der Waals surface area contributed by atoms with Crippen LogP contribution in [-0.4, -0.2) is 41.6 Å². The molecule has 1 N–H and O–H groups in total. The van der Waals surface area contributed by atoms with Crippen molar-refractivity contribution in [2.45, 2.75) is 46.7 Å². The summed E-state index contributed by atoms with van der Waals surface area (Å²) in [7, 11) is 2.08. The molecule has 0 saturated heterocycles. The second kappa shape index (κ2) is 9.26. The van der Waals surface area contributed by atoms with E-state index < -0.39 is 0 Å². The van der Waals surface area contributed by atoms with Crippen LogP contribution in [0.3, 0.4) is 0 Å². The average Bonchev–Trinajstić information content (AvgIpc) is 2.45. The van der Waals surface area contributed by atoms with Crippen molar-refractivity contribution in [2.24, 2.45) is 5.92 Å². The summed E-state index contributed by atoms with van der Waals surface area (Å²) in [5.41, 5.74) is 2.25. The standard InChI is InChI=1S/C16H30N4S/c1-12(2)9-17-10-15-11-18-16(19-14(15)4)20(5)13(3)7-8-21-6/h11-13,17H,7-10H2,1-6H3. The van der Waals surface area contributed by atoms with E-state index in [1.54, 1.807) is 0 Å². The first-order valence-electron chi connectivity index (χ1n) is 7.70. The number of rotatable bonds is 9. The Hall–Kier alpha value is -0.810. The molecule has 5 heteroatoms. The van der Waals surface area contributed by atoms with Gasteiger partial charge in [0.1, 0.15) is 0 Å². The van der Waals surface area contributed by atoms with Crippen molar-refractivity contribution < 1.29 is 0 Å². The Morgan fingerprint density at radius 3 is 2.62 bits per heavy atom. The van der Waals surface area contributed by atoms with E-state index in [9.17, 15) is 0 Å². The van der Waals surface area contributed by atoms with E-state index in [0.717, 1.165) is 31.2 Å². The van der Waals surface area contributed by atoms with E-state index in [-0.39, 0.29) is 0 Å². The summed E-state index contributed by atoms with van der Waals surface area (Å²) >= 11 is 1.88. The van der Waals surface area contributed by atoms with Gasteiger partial charge in [-0.15, -0.1) is 0 Å². The van der Waals surface area contributed by atoms with E-state index >= 15 is 0 Å². The fourth-order valence-electron chi connectivity index (χ4n) is 2.00. The zero-order chi connectivity index (χ0) is 15.8. The van der Waals surface area contributed by atoms with Crippen molar-refractivity contribution in [3.05, 3.63) is 17.5 Å². The lowest BCUT2D eigenvalue weighted by molar-refractivity contribution is 0.550. The second-order valence-electron chi connectivity index (χ2n) is 6.05. The fraction of sp³-hybridized carbons (Fsp3) is 0.750. The molecule has 1 aromatic rings. The predicted molar refractivity (Wildman–Crippen MR) is 94.2 cm³/mol. The highest BCUT2D eigenvalue weighted by Gasteiger charge is 2.13. The minimum Gasteiger partial charge on any atom is -0.341 e. The van der Waals surface area contributed by atoms with Crippen LogP contribution in [0.15, 0.2) is 6.20 Å². The second-order valence-corrected chi connectivity index (χ2v) is 7.03.